The Hall–Kier alpha value is -3.16. The largest absolute Gasteiger partial charge is 0.465 e. The summed E-state index contributed by atoms with van der Waals surface area (Å²) in [5.74, 6) is 0.472. The van der Waals surface area contributed by atoms with Crippen LogP contribution < -0.4 is 10.6 Å². The van der Waals surface area contributed by atoms with Gasteiger partial charge in [0.1, 0.15) is 0 Å². The molecule has 25 heavy (non-hydrogen) atoms. The summed E-state index contributed by atoms with van der Waals surface area (Å²) in [6, 6.07) is 5.69. The van der Waals surface area contributed by atoms with E-state index in [9.17, 15) is 9.59 Å². The van der Waals surface area contributed by atoms with Crippen molar-refractivity contribution in [2.75, 3.05) is 17.2 Å². The minimum absolute atomic E-state index is 0.0363. The van der Waals surface area contributed by atoms with E-state index >= 15 is 0 Å². The quantitative estimate of drug-likeness (QED) is 0.774. The Morgan fingerprint density at radius 3 is 2.96 bits per heavy atom. The van der Waals surface area contributed by atoms with Gasteiger partial charge in [0.2, 0.25) is 11.9 Å². The lowest BCUT2D eigenvalue weighted by Gasteiger charge is -2.25. The van der Waals surface area contributed by atoms with E-state index in [1.165, 1.54) is 4.90 Å². The maximum atomic E-state index is 11.4. The second-order valence-electron chi connectivity index (χ2n) is 6.16. The molecule has 2 aliphatic rings. The van der Waals surface area contributed by atoms with Crippen LogP contribution in [-0.4, -0.2) is 38.5 Å². The second-order valence-corrected chi connectivity index (χ2v) is 6.16. The van der Waals surface area contributed by atoms with E-state index in [4.69, 9.17) is 5.11 Å². The molecule has 0 radical (unpaired) electrons. The van der Waals surface area contributed by atoms with Gasteiger partial charge in [-0.15, -0.1) is 0 Å². The van der Waals surface area contributed by atoms with Gasteiger partial charge in [0.05, 0.1) is 12.2 Å². The van der Waals surface area contributed by atoms with Gasteiger partial charge in [-0.1, -0.05) is 0 Å². The summed E-state index contributed by atoms with van der Waals surface area (Å²) in [6.45, 7) is 0.743. The number of anilines is 3. The van der Waals surface area contributed by atoms with Crippen LogP contribution in [0.2, 0.25) is 0 Å². The van der Waals surface area contributed by atoms with Crippen LogP contribution in [0, 0.1) is 0 Å². The topological polar surface area (TPSA) is 107 Å². The first-order valence-electron chi connectivity index (χ1n) is 8.11. The number of carboxylic acid groups (broad SMARTS) is 1. The lowest BCUT2D eigenvalue weighted by atomic mass is 10.0. The predicted octanol–water partition coefficient (Wildman–Crippen LogP) is 2.14. The Bertz CT molecular complexity index is 867. The van der Waals surface area contributed by atoms with Crippen LogP contribution in [0.25, 0.3) is 0 Å². The lowest BCUT2D eigenvalue weighted by Crippen LogP contribution is -2.35. The highest BCUT2D eigenvalue weighted by Crippen LogP contribution is 2.27. The van der Waals surface area contributed by atoms with Crippen molar-refractivity contribution in [3.05, 3.63) is 41.2 Å². The van der Waals surface area contributed by atoms with Gasteiger partial charge in [-0.05, 0) is 42.2 Å². The number of aryl methyl sites for hydroxylation is 1. The van der Waals surface area contributed by atoms with Gasteiger partial charge in [0.15, 0.2) is 0 Å². The third-order valence-corrected chi connectivity index (χ3v) is 4.47. The summed E-state index contributed by atoms with van der Waals surface area (Å²) < 4.78 is 0. The van der Waals surface area contributed by atoms with E-state index < -0.39 is 6.09 Å². The Morgan fingerprint density at radius 2 is 2.12 bits per heavy atom. The predicted molar refractivity (Wildman–Crippen MR) is 90.8 cm³/mol. The van der Waals surface area contributed by atoms with Crippen molar-refractivity contribution in [2.24, 2.45) is 0 Å². The Labute approximate surface area is 143 Å². The number of hydrogen-bond acceptors (Lipinski definition) is 5. The molecule has 128 valence electrons. The maximum Gasteiger partial charge on any atom is 0.407 e. The smallest absolute Gasteiger partial charge is 0.407 e. The van der Waals surface area contributed by atoms with Crippen molar-refractivity contribution in [1.82, 2.24) is 14.9 Å². The first-order chi connectivity index (χ1) is 12.1. The molecule has 0 aliphatic carbocycles. The van der Waals surface area contributed by atoms with Crippen LogP contribution >= 0.6 is 0 Å². The molecule has 1 aromatic carbocycles. The van der Waals surface area contributed by atoms with Gasteiger partial charge in [-0.3, -0.25) is 4.79 Å². The average molecular weight is 339 g/mol. The molecule has 3 heterocycles. The van der Waals surface area contributed by atoms with Crippen LogP contribution in [0.3, 0.4) is 0 Å². The number of carbonyl (C=O) groups is 2. The van der Waals surface area contributed by atoms with E-state index in [1.807, 2.05) is 18.2 Å². The number of aromatic nitrogens is 2. The number of benzene rings is 1. The molecule has 0 atom stereocenters. The Kier molecular flexibility index (Phi) is 3.72. The molecule has 2 amide bonds. The molecule has 0 unspecified atom stereocenters. The lowest BCUT2D eigenvalue weighted by molar-refractivity contribution is -0.116. The first kappa shape index (κ1) is 15.4. The number of nitrogens with one attached hydrogen (secondary N) is 2. The molecule has 8 heteroatoms. The third kappa shape index (κ3) is 3.10. The van der Waals surface area contributed by atoms with Crippen molar-refractivity contribution >= 4 is 29.3 Å². The number of fused-ring (bicyclic) bond motifs is 2. The molecule has 0 spiro atoms. The second kappa shape index (κ2) is 6.04. The van der Waals surface area contributed by atoms with Crippen molar-refractivity contribution in [3.8, 4) is 0 Å². The Balaban J connectivity index is 1.55. The number of amides is 2. The highest BCUT2D eigenvalue weighted by atomic mass is 16.4. The fourth-order valence-corrected chi connectivity index (χ4v) is 3.12. The molecular weight excluding hydrogens is 322 g/mol. The zero-order chi connectivity index (χ0) is 17.4. The fraction of sp³-hybridized carbons (Fsp3) is 0.294. The molecule has 8 nitrogen and oxygen atoms in total. The first-order valence-corrected chi connectivity index (χ1v) is 8.11. The molecule has 2 aliphatic heterocycles. The molecule has 0 saturated heterocycles. The van der Waals surface area contributed by atoms with Crippen LogP contribution in [0.1, 0.15) is 23.2 Å². The zero-order valence-electron chi connectivity index (χ0n) is 13.5. The van der Waals surface area contributed by atoms with Gasteiger partial charge < -0.3 is 20.6 Å². The summed E-state index contributed by atoms with van der Waals surface area (Å²) in [6.07, 6.45) is 2.63. The number of nitrogens with zero attached hydrogens (tertiary/aromatic N) is 3. The van der Waals surface area contributed by atoms with Gasteiger partial charge >= 0.3 is 6.09 Å². The van der Waals surface area contributed by atoms with Crippen LogP contribution in [0.15, 0.2) is 24.4 Å². The van der Waals surface area contributed by atoms with Gasteiger partial charge in [-0.25, -0.2) is 14.8 Å². The highest BCUT2D eigenvalue weighted by Gasteiger charge is 2.22. The van der Waals surface area contributed by atoms with Crippen LogP contribution in [0.4, 0.5) is 22.1 Å². The van der Waals surface area contributed by atoms with Gasteiger partial charge in [0, 0.05) is 30.5 Å². The molecule has 0 saturated carbocycles. The fourth-order valence-electron chi connectivity index (χ4n) is 3.12. The van der Waals surface area contributed by atoms with E-state index in [0.717, 1.165) is 28.2 Å². The van der Waals surface area contributed by atoms with E-state index in [-0.39, 0.29) is 12.5 Å². The molecule has 2 aromatic rings. The van der Waals surface area contributed by atoms with E-state index in [1.54, 1.807) is 6.20 Å². The SMILES string of the molecule is O=C1CCc2cc(Nc3ncc4c(n3)CN(C(=O)O)CC4)ccc2N1. The molecule has 0 bridgehead atoms. The van der Waals surface area contributed by atoms with Crippen LogP contribution in [-0.2, 0) is 24.2 Å². The molecular formula is C17H17N5O3. The van der Waals surface area contributed by atoms with Crippen molar-refractivity contribution < 1.29 is 14.7 Å². The molecule has 4 rings (SSSR count). The number of hydrogen-bond donors (Lipinski definition) is 3. The summed E-state index contributed by atoms with van der Waals surface area (Å²) in [5, 5.41) is 15.1. The van der Waals surface area contributed by atoms with E-state index in [2.05, 4.69) is 20.6 Å². The van der Waals surface area contributed by atoms with Crippen molar-refractivity contribution in [1.29, 1.82) is 0 Å². The highest BCUT2D eigenvalue weighted by molar-refractivity contribution is 5.94. The van der Waals surface area contributed by atoms with Crippen LogP contribution in [0.5, 0.6) is 0 Å². The summed E-state index contributed by atoms with van der Waals surface area (Å²) >= 11 is 0. The number of carbonyl (C=O) groups excluding carboxylic acids is 1. The van der Waals surface area contributed by atoms with Gasteiger partial charge in [0.25, 0.3) is 0 Å². The Morgan fingerprint density at radius 1 is 1.24 bits per heavy atom. The standard InChI is InChI=1S/C17H17N5O3/c23-15-4-1-10-7-12(2-3-13(10)20-15)19-16-18-8-11-5-6-22(17(24)25)9-14(11)21-16/h2-3,7-8H,1,4-6,9H2,(H,20,23)(H,24,25)(H,18,19,21). The van der Waals surface area contributed by atoms with Crippen molar-refractivity contribution in [2.45, 2.75) is 25.8 Å². The summed E-state index contributed by atoms with van der Waals surface area (Å²) in [7, 11) is 0. The molecule has 0 fully saturated rings. The number of rotatable bonds is 2. The average Bonchev–Trinajstić information content (AvgIpc) is 2.61. The normalized spacial score (nSPS) is 15.8. The minimum atomic E-state index is -0.935. The summed E-state index contributed by atoms with van der Waals surface area (Å²) in [5.41, 5.74) is 4.46. The third-order valence-electron chi connectivity index (χ3n) is 4.47. The van der Waals surface area contributed by atoms with E-state index in [0.29, 0.717) is 31.8 Å². The zero-order valence-corrected chi connectivity index (χ0v) is 13.5. The molecule has 1 aromatic heterocycles. The van der Waals surface area contributed by atoms with Gasteiger partial charge in [-0.2, -0.15) is 0 Å². The monoisotopic (exact) mass is 339 g/mol. The summed E-state index contributed by atoms with van der Waals surface area (Å²) in [4.78, 5) is 32.7. The molecule has 3 N–H and O–H groups in total. The minimum Gasteiger partial charge on any atom is -0.465 e. The maximum absolute atomic E-state index is 11.4. The van der Waals surface area contributed by atoms with Crippen molar-refractivity contribution in [3.63, 3.8) is 0 Å².